The summed E-state index contributed by atoms with van der Waals surface area (Å²) in [7, 11) is 0. The first kappa shape index (κ1) is 15.6. The smallest absolute Gasteiger partial charge is 0.313 e. The van der Waals surface area contributed by atoms with Crippen molar-refractivity contribution in [2.45, 2.75) is 44.6 Å². The summed E-state index contributed by atoms with van der Waals surface area (Å²) >= 11 is 0. The fourth-order valence-electron chi connectivity index (χ4n) is 4.73. The molecule has 7 heteroatoms. The van der Waals surface area contributed by atoms with E-state index in [1.165, 1.54) is 37.8 Å². The molecule has 7 nitrogen and oxygen atoms in total. The average Bonchev–Trinajstić information content (AvgIpc) is 3.25. The molecule has 0 spiro atoms. The van der Waals surface area contributed by atoms with Crippen molar-refractivity contribution in [3.05, 3.63) is 17.5 Å². The van der Waals surface area contributed by atoms with Crippen molar-refractivity contribution in [3.8, 4) is 0 Å². The van der Waals surface area contributed by atoms with Gasteiger partial charge in [0.15, 0.2) is 0 Å². The minimum atomic E-state index is -0.966. The highest BCUT2D eigenvalue weighted by Crippen LogP contribution is 2.41. The van der Waals surface area contributed by atoms with Gasteiger partial charge in [-0.1, -0.05) is 19.3 Å². The molecule has 1 amide bonds. The van der Waals surface area contributed by atoms with Crippen LogP contribution in [0.4, 0.5) is 0 Å². The summed E-state index contributed by atoms with van der Waals surface area (Å²) in [5, 5.41) is 19.8. The van der Waals surface area contributed by atoms with Gasteiger partial charge in [0, 0.05) is 43.4 Å². The van der Waals surface area contributed by atoms with Gasteiger partial charge in [0.1, 0.15) is 5.41 Å². The maximum absolute atomic E-state index is 12.0. The number of amides is 1. The molecule has 3 heterocycles. The molecule has 1 aromatic rings. The third-order valence-corrected chi connectivity index (χ3v) is 6.09. The number of H-pyrrole nitrogens is 1. The molecule has 24 heavy (non-hydrogen) atoms. The zero-order valence-electron chi connectivity index (χ0n) is 13.8. The quantitative estimate of drug-likeness (QED) is 0.767. The molecule has 1 saturated carbocycles. The van der Waals surface area contributed by atoms with E-state index in [-0.39, 0.29) is 12.5 Å². The first-order valence-corrected chi connectivity index (χ1v) is 8.86. The number of fused-ring (bicyclic) bond motifs is 1. The zero-order chi connectivity index (χ0) is 16.7. The van der Waals surface area contributed by atoms with Crippen LogP contribution in [0.3, 0.4) is 0 Å². The predicted molar refractivity (Wildman–Crippen MR) is 86.3 cm³/mol. The molecular weight excluding hydrogens is 308 g/mol. The van der Waals surface area contributed by atoms with Crippen molar-refractivity contribution < 1.29 is 14.7 Å². The number of aromatic amines is 1. The number of carboxylic acids is 1. The molecule has 3 fully saturated rings. The van der Waals surface area contributed by atoms with Crippen LogP contribution in [-0.2, 0) is 16.1 Å². The number of carboxylic acid groups (broad SMARTS) is 1. The largest absolute Gasteiger partial charge is 0.481 e. The first-order chi connectivity index (χ1) is 11.6. The van der Waals surface area contributed by atoms with Crippen molar-refractivity contribution in [1.29, 1.82) is 0 Å². The lowest BCUT2D eigenvalue weighted by molar-refractivity contribution is -0.149. The number of rotatable bonds is 4. The van der Waals surface area contributed by atoms with Crippen LogP contribution in [0, 0.1) is 11.3 Å². The Balaban J connectivity index is 1.50. The number of likely N-dealkylation sites (tertiary alicyclic amines) is 1. The number of nitrogens with one attached hydrogen (secondary N) is 2. The second kappa shape index (κ2) is 5.88. The minimum absolute atomic E-state index is 0.125. The van der Waals surface area contributed by atoms with Crippen LogP contribution in [0.25, 0.3) is 0 Å². The van der Waals surface area contributed by atoms with Crippen LogP contribution in [0.15, 0.2) is 6.20 Å². The van der Waals surface area contributed by atoms with Crippen molar-refractivity contribution in [3.63, 3.8) is 0 Å². The van der Waals surface area contributed by atoms with Crippen molar-refractivity contribution >= 4 is 11.9 Å². The maximum atomic E-state index is 12.0. The molecule has 2 aliphatic heterocycles. The van der Waals surface area contributed by atoms with Crippen LogP contribution in [-0.4, -0.2) is 51.7 Å². The SMILES string of the molecule is O=C1NC[C@]2(C(=O)O)CN(Cc3cn[nH]c3C3CCCCC3)C[C@H]12. The zero-order valence-corrected chi connectivity index (χ0v) is 13.8. The van der Waals surface area contributed by atoms with E-state index >= 15 is 0 Å². The summed E-state index contributed by atoms with van der Waals surface area (Å²) in [5.74, 6) is -0.900. The first-order valence-electron chi connectivity index (χ1n) is 8.86. The maximum Gasteiger partial charge on any atom is 0.313 e. The van der Waals surface area contributed by atoms with E-state index in [2.05, 4.69) is 20.4 Å². The lowest BCUT2D eigenvalue weighted by Gasteiger charge is -2.24. The molecule has 4 rings (SSSR count). The molecule has 0 aromatic carbocycles. The monoisotopic (exact) mass is 332 g/mol. The van der Waals surface area contributed by atoms with E-state index in [0.29, 0.717) is 25.6 Å². The lowest BCUT2D eigenvalue weighted by Crippen LogP contribution is -2.40. The van der Waals surface area contributed by atoms with Crippen LogP contribution in [0.5, 0.6) is 0 Å². The third kappa shape index (κ3) is 2.42. The minimum Gasteiger partial charge on any atom is -0.481 e. The number of nitrogens with zero attached hydrogens (tertiary/aromatic N) is 2. The summed E-state index contributed by atoms with van der Waals surface area (Å²) < 4.78 is 0. The van der Waals surface area contributed by atoms with Gasteiger partial charge in [-0.25, -0.2) is 0 Å². The van der Waals surface area contributed by atoms with Gasteiger partial charge in [0.25, 0.3) is 0 Å². The number of hydrogen-bond acceptors (Lipinski definition) is 4. The van der Waals surface area contributed by atoms with Crippen molar-refractivity contribution in [2.75, 3.05) is 19.6 Å². The van der Waals surface area contributed by atoms with E-state index in [0.717, 1.165) is 5.56 Å². The Labute approximate surface area is 140 Å². The van der Waals surface area contributed by atoms with E-state index < -0.39 is 17.3 Å². The molecule has 3 N–H and O–H groups in total. The topological polar surface area (TPSA) is 98.3 Å². The molecule has 0 radical (unpaired) electrons. The van der Waals surface area contributed by atoms with Crippen LogP contribution in [0.1, 0.15) is 49.3 Å². The third-order valence-electron chi connectivity index (χ3n) is 6.09. The molecule has 0 bridgehead atoms. The summed E-state index contributed by atoms with van der Waals surface area (Å²) in [6, 6.07) is 0. The number of carbonyl (C=O) groups is 2. The van der Waals surface area contributed by atoms with E-state index in [1.54, 1.807) is 0 Å². The normalized spacial score (nSPS) is 31.2. The molecule has 130 valence electrons. The van der Waals surface area contributed by atoms with Crippen LogP contribution < -0.4 is 5.32 Å². The van der Waals surface area contributed by atoms with Gasteiger partial charge in [-0.05, 0) is 12.8 Å². The Morgan fingerprint density at radius 3 is 2.88 bits per heavy atom. The summed E-state index contributed by atoms with van der Waals surface area (Å²) in [6.45, 7) is 1.83. The second-order valence-electron chi connectivity index (χ2n) is 7.55. The Morgan fingerprint density at radius 2 is 2.17 bits per heavy atom. The number of hydrogen-bond donors (Lipinski definition) is 3. The van der Waals surface area contributed by atoms with Crippen molar-refractivity contribution in [1.82, 2.24) is 20.4 Å². The molecule has 0 unspecified atom stereocenters. The van der Waals surface area contributed by atoms with Crippen LogP contribution in [0.2, 0.25) is 0 Å². The molecule has 2 saturated heterocycles. The number of aromatic nitrogens is 2. The van der Waals surface area contributed by atoms with Gasteiger partial charge in [-0.2, -0.15) is 5.10 Å². The van der Waals surface area contributed by atoms with Crippen molar-refractivity contribution in [2.24, 2.45) is 11.3 Å². The lowest BCUT2D eigenvalue weighted by atomic mass is 9.81. The standard InChI is InChI=1S/C17H24N4O3/c22-15-13-8-21(10-17(13,9-18-15)16(23)24)7-12-6-19-20-14(12)11-4-2-1-3-5-11/h6,11,13H,1-5,7-10H2,(H,18,22)(H,19,20)(H,23,24)/t13-,17+/m1/s1. The van der Waals surface area contributed by atoms with E-state index in [1.807, 2.05) is 6.20 Å². The van der Waals surface area contributed by atoms with Gasteiger partial charge in [0.2, 0.25) is 5.91 Å². The highest BCUT2D eigenvalue weighted by Gasteiger charge is 2.59. The molecule has 2 atom stereocenters. The summed E-state index contributed by atoms with van der Waals surface area (Å²) in [4.78, 5) is 25.9. The Hall–Kier alpha value is -1.89. The Morgan fingerprint density at radius 1 is 1.38 bits per heavy atom. The summed E-state index contributed by atoms with van der Waals surface area (Å²) in [6.07, 6.45) is 8.09. The van der Waals surface area contributed by atoms with Gasteiger partial charge in [0.05, 0.1) is 12.1 Å². The number of carbonyl (C=O) groups excluding carboxylic acids is 1. The molecular formula is C17H24N4O3. The number of aliphatic carboxylic acids is 1. The Kier molecular flexibility index (Phi) is 3.83. The van der Waals surface area contributed by atoms with Gasteiger partial charge < -0.3 is 10.4 Å². The predicted octanol–water partition coefficient (Wildman–Crippen LogP) is 1.09. The van der Waals surface area contributed by atoms with Gasteiger partial charge in [-0.15, -0.1) is 0 Å². The second-order valence-corrected chi connectivity index (χ2v) is 7.55. The van der Waals surface area contributed by atoms with E-state index in [9.17, 15) is 14.7 Å². The summed E-state index contributed by atoms with van der Waals surface area (Å²) in [5.41, 5.74) is 1.40. The molecule has 1 aliphatic carbocycles. The average molecular weight is 332 g/mol. The van der Waals surface area contributed by atoms with Gasteiger partial charge in [-0.3, -0.25) is 19.6 Å². The Bertz CT molecular complexity index is 652. The fraction of sp³-hybridized carbons (Fsp3) is 0.706. The van der Waals surface area contributed by atoms with Crippen LogP contribution >= 0.6 is 0 Å². The molecule has 1 aromatic heterocycles. The fourth-order valence-corrected chi connectivity index (χ4v) is 4.73. The van der Waals surface area contributed by atoms with Gasteiger partial charge >= 0.3 is 5.97 Å². The molecule has 3 aliphatic rings. The highest BCUT2D eigenvalue weighted by atomic mass is 16.4. The van der Waals surface area contributed by atoms with E-state index in [4.69, 9.17) is 0 Å². The highest BCUT2D eigenvalue weighted by molar-refractivity contribution is 5.92.